The van der Waals surface area contributed by atoms with Crippen LogP contribution in [0, 0.1) is 13.8 Å². The van der Waals surface area contributed by atoms with Crippen LogP contribution in [0.1, 0.15) is 34.1 Å². The number of amides is 2. The van der Waals surface area contributed by atoms with Crippen LogP contribution in [0.2, 0.25) is 0 Å². The molecule has 0 aliphatic heterocycles. The molecule has 0 saturated carbocycles. The number of hydrogen-bond acceptors (Lipinski definition) is 5. The number of imidazole rings is 1. The number of carbonyl (C=O) groups excluding carboxylic acids is 2. The molecule has 2 heterocycles. The molecule has 0 atom stereocenters. The Bertz CT molecular complexity index is 1420. The molecule has 2 aromatic heterocycles. The molecule has 2 amide bonds. The van der Waals surface area contributed by atoms with Gasteiger partial charge in [-0.15, -0.1) is 0 Å². The van der Waals surface area contributed by atoms with Crippen molar-refractivity contribution in [2.24, 2.45) is 0 Å². The van der Waals surface area contributed by atoms with E-state index in [0.717, 1.165) is 28.1 Å². The molecule has 2 aromatic carbocycles. The first-order chi connectivity index (χ1) is 16.5. The predicted molar refractivity (Wildman–Crippen MR) is 128 cm³/mol. The molecule has 0 saturated heterocycles. The third-order valence-corrected chi connectivity index (χ3v) is 6.01. The van der Waals surface area contributed by atoms with Crippen LogP contribution in [-0.4, -0.2) is 26.3 Å². The Kier molecular flexibility index (Phi) is 6.44. The molecular weight excluding hydrogens is 479 g/mol. The molecule has 0 spiro atoms. The van der Waals surface area contributed by atoms with Gasteiger partial charge in [0.15, 0.2) is 5.13 Å². The molecule has 4 rings (SSSR count). The van der Waals surface area contributed by atoms with E-state index < -0.39 is 17.6 Å². The van der Waals surface area contributed by atoms with E-state index in [1.54, 1.807) is 37.5 Å². The molecule has 4 aromatic rings. The van der Waals surface area contributed by atoms with Crippen LogP contribution in [0.5, 0.6) is 0 Å². The van der Waals surface area contributed by atoms with E-state index in [0.29, 0.717) is 10.8 Å². The molecule has 180 valence electrons. The summed E-state index contributed by atoms with van der Waals surface area (Å²) in [6, 6.07) is 8.32. The molecule has 0 fully saturated rings. The van der Waals surface area contributed by atoms with E-state index >= 15 is 0 Å². The quantitative estimate of drug-likeness (QED) is 0.361. The molecule has 0 aliphatic rings. The van der Waals surface area contributed by atoms with Gasteiger partial charge in [0.2, 0.25) is 5.91 Å². The molecule has 2 N–H and O–H groups in total. The van der Waals surface area contributed by atoms with Crippen molar-refractivity contribution in [3.05, 3.63) is 77.5 Å². The highest BCUT2D eigenvalue weighted by Gasteiger charge is 2.31. The Morgan fingerprint density at radius 1 is 1.03 bits per heavy atom. The second-order valence-electron chi connectivity index (χ2n) is 7.88. The van der Waals surface area contributed by atoms with Crippen LogP contribution in [0.3, 0.4) is 0 Å². The topological polar surface area (TPSA) is 88.9 Å². The summed E-state index contributed by atoms with van der Waals surface area (Å²) < 4.78 is 42.0. The zero-order valence-corrected chi connectivity index (χ0v) is 19.7. The summed E-state index contributed by atoms with van der Waals surface area (Å²) in [6.45, 7) is 4.97. The van der Waals surface area contributed by atoms with Gasteiger partial charge in [0.25, 0.3) is 5.91 Å². The van der Waals surface area contributed by atoms with Crippen molar-refractivity contribution in [2.75, 3.05) is 10.6 Å². The average molecular weight is 500 g/mol. The largest absolute Gasteiger partial charge is 0.416 e. The summed E-state index contributed by atoms with van der Waals surface area (Å²) in [5, 5.41) is 5.61. The van der Waals surface area contributed by atoms with Crippen molar-refractivity contribution in [3.63, 3.8) is 0 Å². The Morgan fingerprint density at radius 2 is 1.80 bits per heavy atom. The number of halogens is 3. The summed E-state index contributed by atoms with van der Waals surface area (Å²) >= 11 is 1.25. The van der Waals surface area contributed by atoms with Crippen molar-refractivity contribution in [1.82, 2.24) is 14.5 Å². The average Bonchev–Trinajstić information content (AvgIpc) is 3.42. The zero-order chi connectivity index (χ0) is 25.3. The predicted octanol–water partition coefficient (Wildman–Crippen LogP) is 5.84. The fraction of sp³-hybridized carbons (Fsp3) is 0.167. The number of rotatable bonds is 5. The fourth-order valence-corrected chi connectivity index (χ4v) is 4.34. The minimum Gasteiger partial charge on any atom is -0.322 e. The molecule has 0 bridgehead atoms. The lowest BCUT2D eigenvalue weighted by molar-refractivity contribution is -0.137. The maximum atomic E-state index is 13.5. The monoisotopic (exact) mass is 499 g/mol. The number of carbonyl (C=O) groups is 2. The maximum Gasteiger partial charge on any atom is 0.416 e. The summed E-state index contributed by atoms with van der Waals surface area (Å²) in [4.78, 5) is 33.2. The van der Waals surface area contributed by atoms with Gasteiger partial charge in [-0.2, -0.15) is 13.2 Å². The summed E-state index contributed by atoms with van der Waals surface area (Å²) in [5.74, 6) is -0.813. The number of alkyl halides is 3. The number of nitrogens with one attached hydrogen (secondary N) is 2. The third kappa shape index (κ3) is 5.57. The van der Waals surface area contributed by atoms with Crippen LogP contribution in [0.4, 0.5) is 24.0 Å². The molecule has 0 aliphatic carbocycles. The normalized spacial score (nSPS) is 11.4. The molecule has 35 heavy (non-hydrogen) atoms. The minimum atomic E-state index is -4.60. The lowest BCUT2D eigenvalue weighted by atomic mass is 10.0. The minimum absolute atomic E-state index is 0.000891. The SMILES string of the molecule is CC(=O)Nc1ncc(-c2cc(C(=O)Nc3cc(-n4cnc(C)c4)cc(C(F)(F)F)c3)ccc2C)s1. The van der Waals surface area contributed by atoms with Gasteiger partial charge < -0.3 is 15.2 Å². The van der Waals surface area contributed by atoms with E-state index in [9.17, 15) is 22.8 Å². The first kappa shape index (κ1) is 24.1. The van der Waals surface area contributed by atoms with Crippen LogP contribution < -0.4 is 10.6 Å². The van der Waals surface area contributed by atoms with Gasteiger partial charge in [0, 0.05) is 36.3 Å². The molecular formula is C24H20F3N5O2S. The van der Waals surface area contributed by atoms with Gasteiger partial charge in [-0.1, -0.05) is 17.4 Å². The smallest absolute Gasteiger partial charge is 0.322 e. The lowest BCUT2D eigenvalue weighted by Crippen LogP contribution is -2.14. The lowest BCUT2D eigenvalue weighted by Gasteiger charge is -2.14. The van der Waals surface area contributed by atoms with Crippen LogP contribution in [0.25, 0.3) is 16.1 Å². The van der Waals surface area contributed by atoms with E-state index in [-0.39, 0.29) is 22.8 Å². The summed E-state index contributed by atoms with van der Waals surface area (Å²) in [7, 11) is 0. The zero-order valence-electron chi connectivity index (χ0n) is 18.9. The van der Waals surface area contributed by atoms with Gasteiger partial charge in [0.05, 0.1) is 22.5 Å². The Balaban J connectivity index is 1.65. The van der Waals surface area contributed by atoms with E-state index in [4.69, 9.17) is 0 Å². The fourth-order valence-electron chi connectivity index (χ4n) is 3.40. The molecule has 0 radical (unpaired) electrons. The van der Waals surface area contributed by atoms with Crippen molar-refractivity contribution in [1.29, 1.82) is 0 Å². The van der Waals surface area contributed by atoms with Crippen LogP contribution in [-0.2, 0) is 11.0 Å². The van der Waals surface area contributed by atoms with Crippen molar-refractivity contribution < 1.29 is 22.8 Å². The van der Waals surface area contributed by atoms with E-state index in [1.165, 1.54) is 35.2 Å². The number of benzene rings is 2. The highest BCUT2D eigenvalue weighted by molar-refractivity contribution is 7.19. The summed E-state index contributed by atoms with van der Waals surface area (Å²) in [5.41, 5.74) is 1.83. The van der Waals surface area contributed by atoms with E-state index in [1.807, 2.05) is 6.92 Å². The van der Waals surface area contributed by atoms with Gasteiger partial charge >= 0.3 is 6.18 Å². The van der Waals surface area contributed by atoms with Gasteiger partial charge in [0.1, 0.15) is 0 Å². The van der Waals surface area contributed by atoms with Crippen molar-refractivity contribution >= 4 is 34.0 Å². The van der Waals surface area contributed by atoms with Crippen molar-refractivity contribution in [3.8, 4) is 16.1 Å². The van der Waals surface area contributed by atoms with Crippen LogP contribution >= 0.6 is 11.3 Å². The van der Waals surface area contributed by atoms with Gasteiger partial charge in [-0.05, 0) is 55.3 Å². The maximum absolute atomic E-state index is 13.5. The Morgan fingerprint density at radius 3 is 2.46 bits per heavy atom. The Labute approximate surface area is 202 Å². The van der Waals surface area contributed by atoms with Crippen molar-refractivity contribution in [2.45, 2.75) is 26.9 Å². The number of thiazole rings is 1. The molecule has 0 unspecified atom stereocenters. The number of anilines is 2. The second kappa shape index (κ2) is 9.34. The van der Waals surface area contributed by atoms with Gasteiger partial charge in [-0.3, -0.25) is 9.59 Å². The first-order valence-electron chi connectivity index (χ1n) is 10.4. The number of nitrogens with zero attached hydrogens (tertiary/aromatic N) is 3. The summed E-state index contributed by atoms with van der Waals surface area (Å²) in [6.07, 6.45) is -0.00332. The molecule has 7 nitrogen and oxygen atoms in total. The first-order valence-corrected chi connectivity index (χ1v) is 11.2. The number of hydrogen-bond donors (Lipinski definition) is 2. The highest BCUT2D eigenvalue weighted by atomic mass is 32.1. The second-order valence-corrected chi connectivity index (χ2v) is 8.91. The number of aryl methyl sites for hydroxylation is 2. The van der Waals surface area contributed by atoms with E-state index in [2.05, 4.69) is 20.6 Å². The molecule has 11 heteroatoms. The standard InChI is InChI=1S/C24H20F3N5O2S/c1-13-4-5-16(6-20(13)21-10-28-23(35-21)30-15(3)33)22(34)31-18-7-17(24(25,26)27)8-19(9-18)32-11-14(2)29-12-32/h4-12H,1-3H3,(H,31,34)(H,28,30,33). The number of aromatic nitrogens is 3. The highest BCUT2D eigenvalue weighted by Crippen LogP contribution is 2.34. The van der Waals surface area contributed by atoms with Gasteiger partial charge in [-0.25, -0.2) is 9.97 Å². The third-order valence-electron chi connectivity index (χ3n) is 5.07. The Hall–Kier alpha value is -3.99. The van der Waals surface area contributed by atoms with Crippen LogP contribution in [0.15, 0.2) is 55.1 Å².